The lowest BCUT2D eigenvalue weighted by atomic mass is 10.1. The van der Waals surface area contributed by atoms with Crippen LogP contribution in [0.5, 0.6) is 11.5 Å². The summed E-state index contributed by atoms with van der Waals surface area (Å²) in [4.78, 5) is 16.6. The van der Waals surface area contributed by atoms with Crippen LogP contribution in [0.1, 0.15) is 16.7 Å². The van der Waals surface area contributed by atoms with E-state index < -0.39 is 5.97 Å². The molecule has 150 valence electrons. The maximum Gasteiger partial charge on any atom is 0.363 e. The van der Waals surface area contributed by atoms with Crippen LogP contribution in [0.2, 0.25) is 0 Å². The van der Waals surface area contributed by atoms with Crippen LogP contribution in [0.25, 0.3) is 6.08 Å². The van der Waals surface area contributed by atoms with Gasteiger partial charge in [-0.1, -0.05) is 52.3 Å². The van der Waals surface area contributed by atoms with Crippen LogP contribution in [0, 0.1) is 0 Å². The van der Waals surface area contributed by atoms with Gasteiger partial charge in [-0.05, 0) is 53.6 Å². The highest BCUT2D eigenvalue weighted by molar-refractivity contribution is 9.10. The molecule has 0 atom stereocenters. The minimum Gasteiger partial charge on any atom is -0.493 e. The molecule has 1 heterocycles. The average molecular weight is 464 g/mol. The van der Waals surface area contributed by atoms with Crippen molar-refractivity contribution in [3.8, 4) is 11.5 Å². The molecule has 4 rings (SSSR count). The van der Waals surface area contributed by atoms with E-state index >= 15 is 0 Å². The summed E-state index contributed by atoms with van der Waals surface area (Å²) in [5.41, 5.74) is 2.78. The quantitative estimate of drug-likeness (QED) is 0.363. The number of carbonyl (C=O) groups is 1. The summed E-state index contributed by atoms with van der Waals surface area (Å²) >= 11 is 3.38. The van der Waals surface area contributed by atoms with Gasteiger partial charge in [0.15, 0.2) is 17.2 Å². The van der Waals surface area contributed by atoms with Crippen molar-refractivity contribution in [1.82, 2.24) is 0 Å². The van der Waals surface area contributed by atoms with Crippen molar-refractivity contribution >= 4 is 33.9 Å². The Balaban J connectivity index is 1.54. The molecule has 0 saturated carbocycles. The molecule has 0 saturated heterocycles. The number of rotatable bonds is 6. The summed E-state index contributed by atoms with van der Waals surface area (Å²) in [6.07, 6.45) is 1.66. The van der Waals surface area contributed by atoms with E-state index in [1.54, 1.807) is 19.3 Å². The SMILES string of the molecule is COc1cc(C=C2N=C(c3ccc(Br)cc3)OC2=O)ccc1OCc1ccccc1. The van der Waals surface area contributed by atoms with Crippen molar-refractivity contribution in [2.24, 2.45) is 4.99 Å². The molecule has 0 aromatic heterocycles. The molecule has 0 aliphatic carbocycles. The Morgan fingerprint density at radius 3 is 2.50 bits per heavy atom. The Morgan fingerprint density at radius 1 is 1.00 bits per heavy atom. The van der Waals surface area contributed by atoms with E-state index in [4.69, 9.17) is 14.2 Å². The first-order valence-electron chi connectivity index (χ1n) is 9.25. The number of hydrogen-bond donors (Lipinski definition) is 0. The van der Waals surface area contributed by atoms with Gasteiger partial charge in [-0.25, -0.2) is 9.79 Å². The number of nitrogens with zero attached hydrogens (tertiary/aromatic N) is 1. The van der Waals surface area contributed by atoms with E-state index in [1.807, 2.05) is 66.7 Å². The van der Waals surface area contributed by atoms with Gasteiger partial charge < -0.3 is 14.2 Å². The lowest BCUT2D eigenvalue weighted by molar-refractivity contribution is -0.129. The van der Waals surface area contributed by atoms with E-state index in [0.29, 0.717) is 18.1 Å². The maximum atomic E-state index is 12.2. The van der Waals surface area contributed by atoms with Crippen molar-refractivity contribution in [2.45, 2.75) is 6.61 Å². The van der Waals surface area contributed by atoms with Crippen LogP contribution in [0.15, 0.2) is 88.0 Å². The first-order valence-corrected chi connectivity index (χ1v) is 10.0. The van der Waals surface area contributed by atoms with Gasteiger partial charge >= 0.3 is 5.97 Å². The fraction of sp³-hybridized carbons (Fsp3) is 0.0833. The van der Waals surface area contributed by atoms with Crippen LogP contribution in [0.4, 0.5) is 0 Å². The molecule has 6 heteroatoms. The Bertz CT molecular complexity index is 1120. The van der Waals surface area contributed by atoms with Crippen LogP contribution < -0.4 is 9.47 Å². The largest absolute Gasteiger partial charge is 0.493 e. The third kappa shape index (κ3) is 4.60. The van der Waals surface area contributed by atoms with E-state index in [-0.39, 0.29) is 11.6 Å². The molecule has 0 N–H and O–H groups in total. The van der Waals surface area contributed by atoms with E-state index in [2.05, 4.69) is 20.9 Å². The average Bonchev–Trinajstić information content (AvgIpc) is 3.14. The second-order valence-electron chi connectivity index (χ2n) is 6.53. The number of ether oxygens (including phenoxy) is 3. The van der Waals surface area contributed by atoms with Gasteiger partial charge in [0, 0.05) is 10.0 Å². The Kier molecular flexibility index (Phi) is 5.95. The van der Waals surface area contributed by atoms with Gasteiger partial charge in [-0.3, -0.25) is 0 Å². The summed E-state index contributed by atoms with van der Waals surface area (Å²) in [6.45, 7) is 0.435. The summed E-state index contributed by atoms with van der Waals surface area (Å²) in [5, 5.41) is 0. The molecule has 5 nitrogen and oxygen atoms in total. The molecule has 3 aromatic rings. The van der Waals surface area contributed by atoms with Crippen LogP contribution in [-0.2, 0) is 16.1 Å². The van der Waals surface area contributed by atoms with Crippen molar-refractivity contribution in [3.05, 3.63) is 99.7 Å². The fourth-order valence-corrected chi connectivity index (χ4v) is 3.18. The molecule has 1 aliphatic rings. The predicted octanol–water partition coefficient (Wildman–Crippen LogP) is 5.38. The number of esters is 1. The predicted molar refractivity (Wildman–Crippen MR) is 119 cm³/mol. The molecular weight excluding hydrogens is 446 g/mol. The molecule has 0 spiro atoms. The van der Waals surface area contributed by atoms with E-state index in [0.717, 1.165) is 21.2 Å². The zero-order valence-corrected chi connectivity index (χ0v) is 17.8. The van der Waals surface area contributed by atoms with Crippen LogP contribution >= 0.6 is 15.9 Å². The summed E-state index contributed by atoms with van der Waals surface area (Å²) in [5.74, 6) is 0.991. The van der Waals surface area contributed by atoms with Crippen molar-refractivity contribution in [1.29, 1.82) is 0 Å². The Labute approximate surface area is 182 Å². The standard InChI is InChI=1S/C24H18BrNO4/c1-28-22-14-17(7-12-21(22)29-15-16-5-3-2-4-6-16)13-20-24(27)30-23(26-20)18-8-10-19(25)11-9-18/h2-14H,15H2,1H3. The maximum absolute atomic E-state index is 12.2. The number of cyclic esters (lactones) is 1. The molecule has 0 amide bonds. The van der Waals surface area contributed by atoms with Crippen molar-refractivity contribution < 1.29 is 19.0 Å². The molecule has 0 bridgehead atoms. The highest BCUT2D eigenvalue weighted by atomic mass is 79.9. The molecule has 0 unspecified atom stereocenters. The lowest BCUT2D eigenvalue weighted by Crippen LogP contribution is -2.05. The monoisotopic (exact) mass is 463 g/mol. The normalized spacial score (nSPS) is 14.4. The molecule has 0 radical (unpaired) electrons. The second-order valence-corrected chi connectivity index (χ2v) is 7.44. The minimum atomic E-state index is -0.490. The molecular formula is C24H18BrNO4. The first-order chi connectivity index (χ1) is 14.6. The number of aliphatic imine (C=N–C) groups is 1. The smallest absolute Gasteiger partial charge is 0.363 e. The summed E-state index contributed by atoms with van der Waals surface area (Å²) in [6, 6.07) is 22.8. The van der Waals surface area contributed by atoms with Gasteiger partial charge in [0.1, 0.15) is 6.61 Å². The fourth-order valence-electron chi connectivity index (χ4n) is 2.91. The first kappa shape index (κ1) is 19.9. The van der Waals surface area contributed by atoms with E-state index in [1.165, 1.54) is 0 Å². The summed E-state index contributed by atoms with van der Waals surface area (Å²) in [7, 11) is 1.58. The van der Waals surface area contributed by atoms with Gasteiger partial charge in [-0.2, -0.15) is 0 Å². The van der Waals surface area contributed by atoms with Gasteiger partial charge in [0.2, 0.25) is 5.90 Å². The zero-order valence-electron chi connectivity index (χ0n) is 16.2. The second kappa shape index (κ2) is 8.97. The van der Waals surface area contributed by atoms with Gasteiger partial charge in [0.05, 0.1) is 7.11 Å². The summed E-state index contributed by atoms with van der Waals surface area (Å²) < 4.78 is 17.6. The minimum absolute atomic E-state index is 0.230. The van der Waals surface area contributed by atoms with Gasteiger partial charge in [0.25, 0.3) is 0 Å². The third-order valence-electron chi connectivity index (χ3n) is 4.44. The number of hydrogen-bond acceptors (Lipinski definition) is 5. The number of carbonyl (C=O) groups excluding carboxylic acids is 1. The van der Waals surface area contributed by atoms with Crippen LogP contribution in [0.3, 0.4) is 0 Å². The Hall–Kier alpha value is -3.38. The molecule has 3 aromatic carbocycles. The topological polar surface area (TPSA) is 57.1 Å². The zero-order chi connectivity index (χ0) is 20.9. The number of halogens is 1. The molecule has 0 fully saturated rings. The number of methoxy groups -OCH3 is 1. The van der Waals surface area contributed by atoms with Crippen molar-refractivity contribution in [3.63, 3.8) is 0 Å². The third-order valence-corrected chi connectivity index (χ3v) is 4.97. The van der Waals surface area contributed by atoms with Gasteiger partial charge in [-0.15, -0.1) is 0 Å². The van der Waals surface area contributed by atoms with Crippen LogP contribution in [-0.4, -0.2) is 19.0 Å². The lowest BCUT2D eigenvalue weighted by Gasteiger charge is -2.11. The highest BCUT2D eigenvalue weighted by Crippen LogP contribution is 2.30. The highest BCUT2D eigenvalue weighted by Gasteiger charge is 2.24. The molecule has 30 heavy (non-hydrogen) atoms. The Morgan fingerprint density at radius 2 is 1.77 bits per heavy atom. The van der Waals surface area contributed by atoms with Crippen molar-refractivity contribution in [2.75, 3.05) is 7.11 Å². The number of benzene rings is 3. The molecule has 1 aliphatic heterocycles. The van der Waals surface area contributed by atoms with E-state index in [9.17, 15) is 4.79 Å².